The van der Waals surface area contributed by atoms with Crippen LogP contribution in [-0.4, -0.2) is 43.2 Å². The van der Waals surface area contributed by atoms with Gasteiger partial charge in [0.2, 0.25) is 0 Å². The monoisotopic (exact) mass is 263 g/mol. The standard InChI is InChI=1S/C14H21N3O2/c15-13-6-8-17(10-13)9-7-16-14(18)19-11-12-4-2-1-3-5-12/h1-5,13H,6-11,15H2,(H,16,18)/t13-/m0/s1. The minimum absolute atomic E-state index is 0.282. The number of nitrogens with two attached hydrogens (primary N) is 1. The minimum atomic E-state index is -0.368. The SMILES string of the molecule is N[C@H]1CCN(CCNC(=O)OCc2ccccc2)C1. The first-order valence-corrected chi connectivity index (χ1v) is 6.66. The van der Waals surface area contributed by atoms with Gasteiger partial charge in [-0.05, 0) is 18.5 Å². The molecule has 104 valence electrons. The van der Waals surface area contributed by atoms with E-state index in [1.807, 2.05) is 30.3 Å². The Bertz CT molecular complexity index is 397. The van der Waals surface area contributed by atoms with Crippen molar-refractivity contribution >= 4 is 6.09 Å². The zero-order chi connectivity index (χ0) is 13.5. The zero-order valence-electron chi connectivity index (χ0n) is 11.0. The molecule has 3 N–H and O–H groups in total. The Labute approximate surface area is 113 Å². The molecule has 0 aromatic heterocycles. The Balaban J connectivity index is 1.57. The lowest BCUT2D eigenvalue weighted by molar-refractivity contribution is 0.138. The van der Waals surface area contributed by atoms with E-state index in [-0.39, 0.29) is 12.1 Å². The van der Waals surface area contributed by atoms with Gasteiger partial charge in [-0.3, -0.25) is 4.90 Å². The average molecular weight is 263 g/mol. The summed E-state index contributed by atoms with van der Waals surface area (Å²) in [5, 5.41) is 2.75. The number of likely N-dealkylation sites (tertiary alicyclic amines) is 1. The van der Waals surface area contributed by atoms with Gasteiger partial charge in [0.05, 0.1) is 0 Å². The summed E-state index contributed by atoms with van der Waals surface area (Å²) in [6.45, 7) is 3.67. The lowest BCUT2D eigenvalue weighted by atomic mass is 10.2. The Morgan fingerprint density at radius 3 is 2.89 bits per heavy atom. The van der Waals surface area contributed by atoms with Gasteiger partial charge in [-0.25, -0.2) is 4.79 Å². The van der Waals surface area contributed by atoms with Crippen molar-refractivity contribution in [3.63, 3.8) is 0 Å². The van der Waals surface area contributed by atoms with Crippen LogP contribution in [0.25, 0.3) is 0 Å². The maximum Gasteiger partial charge on any atom is 0.407 e. The molecule has 1 saturated heterocycles. The normalized spacial score (nSPS) is 19.3. The van der Waals surface area contributed by atoms with E-state index in [0.717, 1.165) is 31.6 Å². The number of nitrogens with zero attached hydrogens (tertiary/aromatic N) is 1. The number of amides is 1. The third kappa shape index (κ3) is 4.89. The fourth-order valence-corrected chi connectivity index (χ4v) is 2.16. The summed E-state index contributed by atoms with van der Waals surface area (Å²) in [6, 6.07) is 9.92. The molecule has 0 spiro atoms. The predicted molar refractivity (Wildman–Crippen MR) is 73.7 cm³/mol. The molecule has 1 aromatic rings. The van der Waals surface area contributed by atoms with E-state index in [4.69, 9.17) is 10.5 Å². The first kappa shape index (κ1) is 13.8. The van der Waals surface area contributed by atoms with Gasteiger partial charge in [0.15, 0.2) is 0 Å². The van der Waals surface area contributed by atoms with Crippen molar-refractivity contribution in [1.82, 2.24) is 10.2 Å². The lowest BCUT2D eigenvalue weighted by Crippen LogP contribution is -2.35. The molecule has 19 heavy (non-hydrogen) atoms. The summed E-state index contributed by atoms with van der Waals surface area (Å²) in [5.41, 5.74) is 6.80. The maximum absolute atomic E-state index is 11.5. The molecule has 0 saturated carbocycles. The molecule has 0 radical (unpaired) electrons. The number of benzene rings is 1. The lowest BCUT2D eigenvalue weighted by Gasteiger charge is -2.15. The molecule has 5 heteroatoms. The second-order valence-electron chi connectivity index (χ2n) is 4.84. The quantitative estimate of drug-likeness (QED) is 0.830. The second kappa shape index (κ2) is 7.11. The van der Waals surface area contributed by atoms with Crippen molar-refractivity contribution in [3.8, 4) is 0 Å². The summed E-state index contributed by atoms with van der Waals surface area (Å²) in [5.74, 6) is 0. The van der Waals surface area contributed by atoms with Crippen molar-refractivity contribution in [2.75, 3.05) is 26.2 Å². The zero-order valence-corrected chi connectivity index (χ0v) is 11.0. The van der Waals surface area contributed by atoms with Crippen LogP contribution in [0.5, 0.6) is 0 Å². The molecule has 1 amide bonds. The highest BCUT2D eigenvalue weighted by molar-refractivity contribution is 5.67. The molecule has 1 fully saturated rings. The highest BCUT2D eigenvalue weighted by atomic mass is 16.5. The molecule has 2 rings (SSSR count). The molecule has 1 aliphatic rings. The van der Waals surface area contributed by atoms with Gasteiger partial charge in [0, 0.05) is 25.7 Å². The number of hydrogen-bond acceptors (Lipinski definition) is 4. The topological polar surface area (TPSA) is 67.6 Å². The number of carbonyl (C=O) groups excluding carboxylic acids is 1. The second-order valence-corrected chi connectivity index (χ2v) is 4.84. The minimum Gasteiger partial charge on any atom is -0.445 e. The third-order valence-electron chi connectivity index (χ3n) is 3.22. The van der Waals surface area contributed by atoms with E-state index in [2.05, 4.69) is 10.2 Å². The number of ether oxygens (including phenoxy) is 1. The predicted octanol–water partition coefficient (Wildman–Crippen LogP) is 0.946. The van der Waals surface area contributed by atoms with Gasteiger partial charge < -0.3 is 15.8 Å². The molecular formula is C14H21N3O2. The molecule has 0 unspecified atom stereocenters. The molecular weight excluding hydrogens is 242 g/mol. The molecule has 5 nitrogen and oxygen atoms in total. The van der Waals surface area contributed by atoms with Gasteiger partial charge in [-0.15, -0.1) is 0 Å². The highest BCUT2D eigenvalue weighted by Crippen LogP contribution is 2.05. The van der Waals surface area contributed by atoms with Crippen LogP contribution in [0.2, 0.25) is 0 Å². The van der Waals surface area contributed by atoms with Gasteiger partial charge >= 0.3 is 6.09 Å². The van der Waals surface area contributed by atoms with Crippen LogP contribution in [-0.2, 0) is 11.3 Å². The molecule has 0 aliphatic carbocycles. The number of nitrogens with one attached hydrogen (secondary N) is 1. The van der Waals surface area contributed by atoms with E-state index in [9.17, 15) is 4.79 Å². The highest BCUT2D eigenvalue weighted by Gasteiger charge is 2.18. The van der Waals surface area contributed by atoms with E-state index in [1.165, 1.54) is 0 Å². The van der Waals surface area contributed by atoms with Crippen LogP contribution in [0.15, 0.2) is 30.3 Å². The average Bonchev–Trinajstić information content (AvgIpc) is 2.83. The molecule has 0 bridgehead atoms. The summed E-state index contributed by atoms with van der Waals surface area (Å²) in [7, 11) is 0. The Morgan fingerprint density at radius 1 is 1.42 bits per heavy atom. The van der Waals surface area contributed by atoms with Crippen LogP contribution in [0, 0.1) is 0 Å². The van der Waals surface area contributed by atoms with Gasteiger partial charge in [0.1, 0.15) is 6.61 Å². The van der Waals surface area contributed by atoms with Gasteiger partial charge in [-0.1, -0.05) is 30.3 Å². The molecule has 1 aromatic carbocycles. The summed E-state index contributed by atoms with van der Waals surface area (Å²) < 4.78 is 5.12. The fourth-order valence-electron chi connectivity index (χ4n) is 2.16. The van der Waals surface area contributed by atoms with E-state index >= 15 is 0 Å². The fraction of sp³-hybridized carbons (Fsp3) is 0.500. The van der Waals surface area contributed by atoms with Crippen LogP contribution in [0.1, 0.15) is 12.0 Å². The number of alkyl carbamates (subject to hydrolysis) is 1. The van der Waals surface area contributed by atoms with Crippen molar-refractivity contribution in [2.24, 2.45) is 5.73 Å². The first-order valence-electron chi connectivity index (χ1n) is 6.66. The third-order valence-corrected chi connectivity index (χ3v) is 3.22. The van der Waals surface area contributed by atoms with Crippen LogP contribution in [0.4, 0.5) is 4.79 Å². The molecule has 1 heterocycles. The van der Waals surface area contributed by atoms with Gasteiger partial charge in [-0.2, -0.15) is 0 Å². The Kier molecular flexibility index (Phi) is 5.18. The van der Waals surface area contributed by atoms with Crippen molar-refractivity contribution < 1.29 is 9.53 Å². The van der Waals surface area contributed by atoms with Crippen LogP contribution in [0.3, 0.4) is 0 Å². The molecule has 1 aliphatic heterocycles. The maximum atomic E-state index is 11.5. The number of hydrogen-bond donors (Lipinski definition) is 2. The molecule has 1 atom stereocenters. The summed E-state index contributed by atoms with van der Waals surface area (Å²) >= 11 is 0. The van der Waals surface area contributed by atoms with Crippen LogP contribution < -0.4 is 11.1 Å². The van der Waals surface area contributed by atoms with Crippen molar-refractivity contribution in [3.05, 3.63) is 35.9 Å². The largest absolute Gasteiger partial charge is 0.445 e. The van der Waals surface area contributed by atoms with Crippen molar-refractivity contribution in [2.45, 2.75) is 19.1 Å². The van der Waals surface area contributed by atoms with E-state index in [0.29, 0.717) is 13.2 Å². The van der Waals surface area contributed by atoms with E-state index in [1.54, 1.807) is 0 Å². The summed E-state index contributed by atoms with van der Waals surface area (Å²) in [4.78, 5) is 13.7. The van der Waals surface area contributed by atoms with Crippen LogP contribution >= 0.6 is 0 Å². The first-order chi connectivity index (χ1) is 9.24. The number of rotatable bonds is 5. The van der Waals surface area contributed by atoms with Crippen molar-refractivity contribution in [1.29, 1.82) is 0 Å². The Morgan fingerprint density at radius 2 is 2.21 bits per heavy atom. The Hall–Kier alpha value is -1.59. The van der Waals surface area contributed by atoms with E-state index < -0.39 is 0 Å². The van der Waals surface area contributed by atoms with Gasteiger partial charge in [0.25, 0.3) is 0 Å². The number of carbonyl (C=O) groups is 1. The smallest absolute Gasteiger partial charge is 0.407 e. The summed E-state index contributed by atoms with van der Waals surface area (Å²) in [6.07, 6.45) is 0.672.